The van der Waals surface area contributed by atoms with Gasteiger partial charge >= 0.3 is 5.97 Å². The molecule has 1 saturated carbocycles. The average molecular weight is 373 g/mol. The third kappa shape index (κ3) is 4.19. The summed E-state index contributed by atoms with van der Waals surface area (Å²) in [5.74, 6) is -1.04. The summed E-state index contributed by atoms with van der Waals surface area (Å²) in [5.41, 5.74) is 0.552. The van der Waals surface area contributed by atoms with E-state index < -0.39 is 15.7 Å². The van der Waals surface area contributed by atoms with Crippen molar-refractivity contribution in [3.8, 4) is 0 Å². The monoisotopic (exact) mass is 372 g/mol. The molecule has 0 aliphatic heterocycles. The van der Waals surface area contributed by atoms with Crippen molar-refractivity contribution in [2.45, 2.75) is 24.1 Å². The minimum atomic E-state index is -1.02. The van der Waals surface area contributed by atoms with Crippen LogP contribution in [-0.4, -0.2) is 35.8 Å². The van der Waals surface area contributed by atoms with Gasteiger partial charge in [0.2, 0.25) is 11.8 Å². The third-order valence-corrected chi connectivity index (χ3v) is 5.09. The highest BCUT2D eigenvalue weighted by Crippen LogP contribution is 2.64. The highest BCUT2D eigenvalue weighted by molar-refractivity contribution is 6.53. The lowest BCUT2D eigenvalue weighted by atomic mass is 10.1. The van der Waals surface area contributed by atoms with Crippen molar-refractivity contribution < 1.29 is 19.1 Å². The molecule has 1 unspecified atom stereocenters. The Hall–Kier alpha value is -1.79. The lowest BCUT2D eigenvalue weighted by Gasteiger charge is -2.13. The molecule has 1 fully saturated rings. The van der Waals surface area contributed by atoms with E-state index in [-0.39, 0.29) is 24.8 Å². The molecule has 0 radical (unpaired) electrons. The van der Waals surface area contributed by atoms with Crippen LogP contribution >= 0.6 is 23.2 Å². The van der Waals surface area contributed by atoms with Crippen LogP contribution < -0.4 is 10.6 Å². The lowest BCUT2D eigenvalue weighted by Crippen LogP contribution is -2.31. The van der Waals surface area contributed by atoms with Crippen LogP contribution in [0.1, 0.15) is 18.9 Å². The summed E-state index contributed by atoms with van der Waals surface area (Å²) < 4.78 is 3.42. The molecule has 1 aromatic carbocycles. The smallest absolute Gasteiger partial charge is 0.325 e. The highest BCUT2D eigenvalue weighted by atomic mass is 35.5. The number of anilines is 1. The van der Waals surface area contributed by atoms with Gasteiger partial charge in [0.05, 0.1) is 18.9 Å². The maximum atomic E-state index is 12.2. The van der Waals surface area contributed by atoms with Crippen molar-refractivity contribution in [3.63, 3.8) is 0 Å². The van der Waals surface area contributed by atoms with E-state index in [1.807, 2.05) is 0 Å². The number of carbonyl (C=O) groups excluding carboxylic acids is 3. The molecule has 2 rings (SSSR count). The molecule has 0 bridgehead atoms. The van der Waals surface area contributed by atoms with Gasteiger partial charge in [-0.05, 0) is 31.0 Å². The number of amides is 2. The summed E-state index contributed by atoms with van der Waals surface area (Å²) in [6.07, 6.45) is 0.531. The molecule has 0 spiro atoms. The molecule has 1 aliphatic carbocycles. The second kappa shape index (κ2) is 6.99. The van der Waals surface area contributed by atoms with Crippen molar-refractivity contribution in [1.29, 1.82) is 0 Å². The number of methoxy groups -OCH3 is 1. The first-order valence-electron chi connectivity index (χ1n) is 7.30. The molecule has 6 nitrogen and oxygen atoms in total. The fourth-order valence-electron chi connectivity index (χ4n) is 2.11. The summed E-state index contributed by atoms with van der Waals surface area (Å²) in [5, 5.41) is 5.21. The fraction of sp³-hybridized carbons (Fsp3) is 0.438. The number of halogens is 2. The molecule has 2 amide bonds. The second-order valence-corrected chi connectivity index (χ2v) is 7.38. The van der Waals surface area contributed by atoms with E-state index in [1.54, 1.807) is 31.2 Å². The van der Waals surface area contributed by atoms with Crippen molar-refractivity contribution in [2.24, 2.45) is 5.41 Å². The number of hydrogen-bond acceptors (Lipinski definition) is 4. The van der Waals surface area contributed by atoms with Crippen LogP contribution in [0.25, 0.3) is 0 Å². The maximum Gasteiger partial charge on any atom is 0.325 e. The predicted molar refractivity (Wildman–Crippen MR) is 91.0 cm³/mol. The Labute approximate surface area is 149 Å². The van der Waals surface area contributed by atoms with E-state index in [2.05, 4.69) is 15.4 Å². The standard InChI is InChI=1S/C16H18Cl2N2O4/c1-15(9-16(15,17)18)14(23)20-11-5-3-10(4-6-11)7-12(21)19-8-13(22)24-2/h3-6H,7-9H2,1-2H3,(H,19,21)(H,20,23). The largest absolute Gasteiger partial charge is 0.468 e. The van der Waals surface area contributed by atoms with E-state index in [9.17, 15) is 14.4 Å². The molecule has 1 aromatic rings. The average Bonchev–Trinajstić information content (AvgIpc) is 3.06. The van der Waals surface area contributed by atoms with Crippen LogP contribution in [0.15, 0.2) is 24.3 Å². The Balaban J connectivity index is 1.86. The topological polar surface area (TPSA) is 84.5 Å². The minimum Gasteiger partial charge on any atom is -0.468 e. The first kappa shape index (κ1) is 18.5. The van der Waals surface area contributed by atoms with Crippen LogP contribution in [0, 0.1) is 5.41 Å². The quantitative estimate of drug-likeness (QED) is 0.591. The number of carbonyl (C=O) groups is 3. The molecule has 0 aromatic heterocycles. The molecule has 0 saturated heterocycles. The highest BCUT2D eigenvalue weighted by Gasteiger charge is 2.67. The van der Waals surface area contributed by atoms with E-state index >= 15 is 0 Å². The van der Waals surface area contributed by atoms with Crippen molar-refractivity contribution in [1.82, 2.24) is 5.32 Å². The molecular formula is C16H18Cl2N2O4. The first-order valence-corrected chi connectivity index (χ1v) is 8.05. The van der Waals surface area contributed by atoms with E-state index in [1.165, 1.54) is 7.11 Å². The molecule has 1 aliphatic rings. The van der Waals surface area contributed by atoms with Gasteiger partial charge in [-0.2, -0.15) is 0 Å². The van der Waals surface area contributed by atoms with Gasteiger partial charge in [-0.3, -0.25) is 14.4 Å². The maximum absolute atomic E-state index is 12.2. The zero-order chi connectivity index (χ0) is 18.0. The van der Waals surface area contributed by atoms with Gasteiger partial charge in [-0.1, -0.05) is 12.1 Å². The Morgan fingerprint density at radius 2 is 1.79 bits per heavy atom. The molecule has 0 heterocycles. The SMILES string of the molecule is COC(=O)CNC(=O)Cc1ccc(NC(=O)C2(C)CC2(Cl)Cl)cc1. The summed E-state index contributed by atoms with van der Waals surface area (Å²) in [4.78, 5) is 34.8. The summed E-state index contributed by atoms with van der Waals surface area (Å²) in [6, 6.07) is 6.82. The van der Waals surface area contributed by atoms with Crippen LogP contribution in [-0.2, 0) is 25.5 Å². The Kier molecular flexibility index (Phi) is 5.40. The molecule has 24 heavy (non-hydrogen) atoms. The van der Waals surface area contributed by atoms with Crippen LogP contribution in [0.5, 0.6) is 0 Å². The first-order chi connectivity index (χ1) is 11.2. The zero-order valence-corrected chi connectivity index (χ0v) is 14.8. The Morgan fingerprint density at radius 1 is 1.21 bits per heavy atom. The Bertz CT molecular complexity index is 661. The van der Waals surface area contributed by atoms with E-state index in [4.69, 9.17) is 23.2 Å². The predicted octanol–water partition coefficient (Wildman–Crippen LogP) is 2.04. The van der Waals surface area contributed by atoms with Gasteiger partial charge in [-0.15, -0.1) is 23.2 Å². The number of nitrogens with one attached hydrogen (secondary N) is 2. The molecular weight excluding hydrogens is 355 g/mol. The number of ether oxygens (including phenoxy) is 1. The minimum absolute atomic E-state index is 0.120. The molecule has 1 atom stereocenters. The van der Waals surface area contributed by atoms with Gasteiger partial charge in [0, 0.05) is 5.69 Å². The number of rotatable bonds is 6. The lowest BCUT2D eigenvalue weighted by molar-refractivity contribution is -0.141. The molecule has 8 heteroatoms. The fourth-order valence-corrected chi connectivity index (χ4v) is 2.82. The summed E-state index contributed by atoms with van der Waals surface area (Å²) in [7, 11) is 1.25. The number of esters is 1. The van der Waals surface area contributed by atoms with Crippen molar-refractivity contribution in [3.05, 3.63) is 29.8 Å². The van der Waals surface area contributed by atoms with Gasteiger partial charge in [-0.25, -0.2) is 0 Å². The summed E-state index contributed by atoms with van der Waals surface area (Å²) in [6.45, 7) is 1.54. The summed E-state index contributed by atoms with van der Waals surface area (Å²) >= 11 is 12.0. The number of benzene rings is 1. The number of alkyl halides is 2. The van der Waals surface area contributed by atoms with E-state index in [0.717, 1.165) is 5.56 Å². The normalized spacial score (nSPS) is 20.8. The number of hydrogen-bond donors (Lipinski definition) is 2. The van der Waals surface area contributed by atoms with Crippen molar-refractivity contribution >= 4 is 46.7 Å². The van der Waals surface area contributed by atoms with Gasteiger partial charge in [0.25, 0.3) is 0 Å². The van der Waals surface area contributed by atoms with Gasteiger partial charge in [0.15, 0.2) is 0 Å². The van der Waals surface area contributed by atoms with E-state index in [0.29, 0.717) is 12.1 Å². The second-order valence-electron chi connectivity index (χ2n) is 5.89. The molecule has 2 N–H and O–H groups in total. The Morgan fingerprint density at radius 3 is 2.29 bits per heavy atom. The zero-order valence-electron chi connectivity index (χ0n) is 13.3. The van der Waals surface area contributed by atoms with Crippen LogP contribution in [0.4, 0.5) is 5.69 Å². The van der Waals surface area contributed by atoms with Gasteiger partial charge < -0.3 is 15.4 Å². The van der Waals surface area contributed by atoms with Crippen molar-refractivity contribution in [2.75, 3.05) is 19.0 Å². The third-order valence-electron chi connectivity index (χ3n) is 3.99. The molecule has 130 valence electrons. The van der Waals surface area contributed by atoms with Crippen LogP contribution in [0.2, 0.25) is 0 Å². The van der Waals surface area contributed by atoms with Crippen LogP contribution in [0.3, 0.4) is 0 Å². The van der Waals surface area contributed by atoms with Gasteiger partial charge in [0.1, 0.15) is 10.9 Å².